The highest BCUT2D eigenvalue weighted by molar-refractivity contribution is 7.07. The summed E-state index contributed by atoms with van der Waals surface area (Å²) in [5, 5.41) is 3.44. The Hall–Kier alpha value is -2.73. The van der Waals surface area contributed by atoms with Gasteiger partial charge >= 0.3 is 0 Å². The van der Waals surface area contributed by atoms with Gasteiger partial charge in [0.15, 0.2) is 5.82 Å². The molecule has 3 aromatic rings. The largest absolute Gasteiger partial charge is 0.430 e. The van der Waals surface area contributed by atoms with Crippen LogP contribution >= 0.6 is 11.5 Å². The van der Waals surface area contributed by atoms with Crippen molar-refractivity contribution < 1.29 is 9.53 Å². The molecule has 0 aliphatic rings. The van der Waals surface area contributed by atoms with Crippen molar-refractivity contribution in [3.63, 3.8) is 0 Å². The number of benzene rings is 2. The lowest BCUT2D eigenvalue weighted by Gasteiger charge is -2.05. The van der Waals surface area contributed by atoms with Gasteiger partial charge in [-0.2, -0.15) is 9.36 Å². The van der Waals surface area contributed by atoms with E-state index in [4.69, 9.17) is 4.74 Å². The van der Waals surface area contributed by atoms with Crippen LogP contribution in [-0.4, -0.2) is 21.8 Å². The van der Waals surface area contributed by atoms with Gasteiger partial charge in [-0.25, -0.2) is 0 Å². The Kier molecular flexibility index (Phi) is 6.93. The summed E-state index contributed by atoms with van der Waals surface area (Å²) >= 11 is 1.24. The summed E-state index contributed by atoms with van der Waals surface area (Å²) in [6.07, 6.45) is 3.15. The third kappa shape index (κ3) is 6.18. The highest BCUT2D eigenvalue weighted by atomic mass is 32.1. The van der Waals surface area contributed by atoms with Crippen LogP contribution in [0.2, 0.25) is 0 Å². The maximum absolute atomic E-state index is 11.9. The second-order valence-corrected chi connectivity index (χ2v) is 6.98. The molecule has 0 unspecified atom stereocenters. The zero-order valence-electron chi connectivity index (χ0n) is 15.4. The summed E-state index contributed by atoms with van der Waals surface area (Å²) in [5.74, 6) is 1.49. The molecule has 1 amide bonds. The minimum absolute atomic E-state index is 0.0480. The first-order chi connectivity index (χ1) is 13.2. The van der Waals surface area contributed by atoms with Crippen LogP contribution in [0.4, 0.5) is 0 Å². The molecule has 0 bridgehead atoms. The summed E-state index contributed by atoms with van der Waals surface area (Å²) in [5.41, 5.74) is 2.13. The summed E-state index contributed by atoms with van der Waals surface area (Å²) in [4.78, 5) is 16.3. The number of nitrogens with zero attached hydrogens (tertiary/aromatic N) is 2. The lowest BCUT2D eigenvalue weighted by atomic mass is 10.1. The number of unbranched alkanes of at least 4 members (excludes halogenated alkanes) is 1. The molecule has 6 heteroatoms. The van der Waals surface area contributed by atoms with Crippen molar-refractivity contribution in [1.29, 1.82) is 0 Å². The summed E-state index contributed by atoms with van der Waals surface area (Å²) < 4.78 is 10.1. The van der Waals surface area contributed by atoms with Gasteiger partial charge in [-0.1, -0.05) is 55.8 Å². The van der Waals surface area contributed by atoms with Crippen molar-refractivity contribution in [2.45, 2.75) is 32.6 Å². The van der Waals surface area contributed by atoms with Crippen molar-refractivity contribution in [1.82, 2.24) is 14.7 Å². The molecular formula is C21H23N3O2S. The highest BCUT2D eigenvalue weighted by Gasteiger charge is 2.08. The predicted octanol–water partition coefficient (Wildman–Crippen LogP) is 4.38. The van der Waals surface area contributed by atoms with Gasteiger partial charge in [-0.05, 0) is 29.7 Å². The van der Waals surface area contributed by atoms with E-state index in [-0.39, 0.29) is 5.91 Å². The van der Waals surface area contributed by atoms with Gasteiger partial charge in [0.05, 0.1) is 6.42 Å². The number of nitrogens with one attached hydrogen (secondary N) is 1. The predicted molar refractivity (Wildman–Crippen MR) is 107 cm³/mol. The third-order valence-corrected chi connectivity index (χ3v) is 4.63. The normalized spacial score (nSPS) is 10.6. The topological polar surface area (TPSA) is 64.1 Å². The molecule has 1 N–H and O–H groups in total. The van der Waals surface area contributed by atoms with Gasteiger partial charge in [0.2, 0.25) is 5.91 Å². The molecule has 1 aromatic heterocycles. The number of rotatable bonds is 9. The van der Waals surface area contributed by atoms with Crippen LogP contribution in [0.3, 0.4) is 0 Å². The zero-order chi connectivity index (χ0) is 18.9. The van der Waals surface area contributed by atoms with Gasteiger partial charge in [0.1, 0.15) is 5.75 Å². The average molecular weight is 382 g/mol. The third-order valence-electron chi connectivity index (χ3n) is 4.00. The van der Waals surface area contributed by atoms with E-state index in [2.05, 4.69) is 33.7 Å². The SMILES string of the molecule is CCCCNC(=O)Cc1ccc(Oc2nc(Cc3ccccc3)ns2)cc1. The smallest absolute Gasteiger partial charge is 0.298 e. The number of ether oxygens (including phenoxy) is 1. The summed E-state index contributed by atoms with van der Waals surface area (Å²) in [6, 6.07) is 17.6. The van der Waals surface area contributed by atoms with E-state index in [9.17, 15) is 4.79 Å². The number of carbonyl (C=O) groups is 1. The summed E-state index contributed by atoms with van der Waals surface area (Å²) in [7, 11) is 0. The molecule has 5 nitrogen and oxygen atoms in total. The maximum atomic E-state index is 11.9. The average Bonchev–Trinajstić information content (AvgIpc) is 3.11. The molecule has 2 aromatic carbocycles. The quantitative estimate of drug-likeness (QED) is 0.559. The van der Waals surface area contributed by atoms with E-state index < -0.39 is 0 Å². The molecule has 1 heterocycles. The van der Waals surface area contributed by atoms with E-state index in [1.165, 1.54) is 17.1 Å². The minimum atomic E-state index is 0.0480. The van der Waals surface area contributed by atoms with E-state index in [1.54, 1.807) is 0 Å². The maximum Gasteiger partial charge on any atom is 0.298 e. The number of hydrogen-bond acceptors (Lipinski definition) is 5. The molecule has 0 fully saturated rings. The fraction of sp³-hybridized carbons (Fsp3) is 0.286. The molecular weight excluding hydrogens is 358 g/mol. The minimum Gasteiger partial charge on any atom is -0.430 e. The van der Waals surface area contributed by atoms with Gasteiger partial charge in [-0.3, -0.25) is 4.79 Å². The molecule has 0 aliphatic heterocycles. The van der Waals surface area contributed by atoms with Crippen molar-refractivity contribution >= 4 is 17.4 Å². The van der Waals surface area contributed by atoms with Crippen LogP contribution in [0.5, 0.6) is 10.9 Å². The number of aromatic nitrogens is 2. The molecule has 0 atom stereocenters. The van der Waals surface area contributed by atoms with Crippen LogP contribution in [0.25, 0.3) is 0 Å². The van der Waals surface area contributed by atoms with E-state index >= 15 is 0 Å². The second-order valence-electron chi connectivity index (χ2n) is 6.27. The standard InChI is InChI=1S/C21H23N3O2S/c1-2-3-13-22-20(25)15-17-9-11-18(12-10-17)26-21-23-19(24-27-21)14-16-7-5-4-6-8-16/h4-12H,2-3,13-15H2,1H3,(H,22,25). The fourth-order valence-corrected chi connectivity index (χ4v) is 3.13. The summed E-state index contributed by atoms with van der Waals surface area (Å²) in [6.45, 7) is 2.84. The Morgan fingerprint density at radius 2 is 1.85 bits per heavy atom. The van der Waals surface area contributed by atoms with Crippen LogP contribution in [0.1, 0.15) is 36.7 Å². The molecule has 27 heavy (non-hydrogen) atoms. The Balaban J connectivity index is 1.52. The van der Waals surface area contributed by atoms with E-state index in [0.29, 0.717) is 23.8 Å². The van der Waals surface area contributed by atoms with Gasteiger partial charge < -0.3 is 10.1 Å². The van der Waals surface area contributed by atoms with Gasteiger partial charge in [0, 0.05) is 24.5 Å². The van der Waals surface area contributed by atoms with Crippen LogP contribution < -0.4 is 10.1 Å². The molecule has 0 spiro atoms. The molecule has 0 saturated heterocycles. The first-order valence-corrected chi connectivity index (χ1v) is 9.90. The molecule has 0 aliphatic carbocycles. The van der Waals surface area contributed by atoms with Gasteiger partial charge in [-0.15, -0.1) is 0 Å². The van der Waals surface area contributed by atoms with E-state index in [1.807, 2.05) is 42.5 Å². The highest BCUT2D eigenvalue weighted by Crippen LogP contribution is 2.24. The lowest BCUT2D eigenvalue weighted by molar-refractivity contribution is -0.120. The Bertz CT molecular complexity index is 847. The van der Waals surface area contributed by atoms with Crippen molar-refractivity contribution in [3.05, 3.63) is 71.5 Å². The Morgan fingerprint density at radius 3 is 2.59 bits per heavy atom. The monoisotopic (exact) mass is 381 g/mol. The second kappa shape index (κ2) is 9.83. The van der Waals surface area contributed by atoms with Gasteiger partial charge in [0.25, 0.3) is 5.19 Å². The van der Waals surface area contributed by atoms with Crippen molar-refractivity contribution in [2.75, 3.05) is 6.54 Å². The first-order valence-electron chi connectivity index (χ1n) is 9.13. The molecule has 3 rings (SSSR count). The molecule has 0 radical (unpaired) electrons. The number of carbonyl (C=O) groups excluding carboxylic acids is 1. The fourth-order valence-electron chi connectivity index (χ4n) is 2.56. The first kappa shape index (κ1) is 19.0. The van der Waals surface area contributed by atoms with E-state index in [0.717, 1.165) is 30.8 Å². The Labute approximate surface area is 163 Å². The number of amides is 1. The lowest BCUT2D eigenvalue weighted by Crippen LogP contribution is -2.25. The van der Waals surface area contributed by atoms with Crippen LogP contribution in [-0.2, 0) is 17.6 Å². The zero-order valence-corrected chi connectivity index (χ0v) is 16.2. The number of hydrogen-bond donors (Lipinski definition) is 1. The molecule has 140 valence electrons. The van der Waals surface area contributed by atoms with Crippen molar-refractivity contribution in [3.8, 4) is 10.9 Å². The van der Waals surface area contributed by atoms with Crippen molar-refractivity contribution in [2.24, 2.45) is 0 Å². The van der Waals surface area contributed by atoms with Crippen LogP contribution in [0.15, 0.2) is 54.6 Å². The Morgan fingerprint density at radius 1 is 1.07 bits per heavy atom. The van der Waals surface area contributed by atoms with Crippen LogP contribution in [0, 0.1) is 0 Å². The molecule has 0 saturated carbocycles.